The van der Waals surface area contributed by atoms with Crippen molar-refractivity contribution in [2.24, 2.45) is 5.92 Å². The van der Waals surface area contributed by atoms with Crippen molar-refractivity contribution < 1.29 is 0 Å². The normalized spacial score (nSPS) is 17.0. The zero-order chi connectivity index (χ0) is 9.78. The highest BCUT2D eigenvalue weighted by Gasteiger charge is 2.24. The van der Waals surface area contributed by atoms with Gasteiger partial charge in [-0.3, -0.25) is 0 Å². The van der Waals surface area contributed by atoms with Crippen molar-refractivity contribution in [3.05, 3.63) is 0 Å². The lowest BCUT2D eigenvalue weighted by Crippen LogP contribution is -2.23. The first kappa shape index (κ1) is 12.3. The number of thioether (sulfide) groups is 1. The molecule has 74 valence electrons. The van der Waals surface area contributed by atoms with Crippen LogP contribution < -0.4 is 0 Å². The van der Waals surface area contributed by atoms with Crippen molar-refractivity contribution in [2.45, 2.75) is 64.4 Å². The van der Waals surface area contributed by atoms with Crippen LogP contribution in [-0.4, -0.2) is 10.00 Å². The first-order valence-electron chi connectivity index (χ1n) is 5.07. The summed E-state index contributed by atoms with van der Waals surface area (Å²) in [6.45, 7) is 13.9. The minimum absolute atomic E-state index is 0.502. The Hall–Kier alpha value is 0.350. The molecule has 0 aromatic rings. The molecule has 1 heteroatoms. The average molecular weight is 188 g/mol. The van der Waals surface area contributed by atoms with E-state index in [-0.39, 0.29) is 0 Å². The standard InChI is InChI=1S/C11H24S/c1-7-11(6,8-9(2)3)12-10(4)5/h9-10H,7-8H2,1-6H3. The molecule has 1 atom stereocenters. The van der Waals surface area contributed by atoms with E-state index < -0.39 is 0 Å². The van der Waals surface area contributed by atoms with Gasteiger partial charge in [-0.05, 0) is 24.0 Å². The lowest BCUT2D eigenvalue weighted by molar-refractivity contribution is 0.465. The van der Waals surface area contributed by atoms with E-state index in [1.165, 1.54) is 12.8 Å². The molecule has 0 saturated carbocycles. The molecule has 1 unspecified atom stereocenters. The van der Waals surface area contributed by atoms with Crippen LogP contribution in [0.5, 0.6) is 0 Å². The topological polar surface area (TPSA) is 0 Å². The molecule has 0 amide bonds. The molecule has 0 bridgehead atoms. The second-order valence-corrected chi connectivity index (χ2v) is 6.73. The van der Waals surface area contributed by atoms with Crippen LogP contribution >= 0.6 is 11.8 Å². The first-order valence-corrected chi connectivity index (χ1v) is 5.95. The Morgan fingerprint density at radius 2 is 1.67 bits per heavy atom. The van der Waals surface area contributed by atoms with E-state index in [0.717, 1.165) is 11.2 Å². The van der Waals surface area contributed by atoms with Crippen LogP contribution in [0.1, 0.15) is 54.4 Å². The van der Waals surface area contributed by atoms with E-state index >= 15 is 0 Å². The van der Waals surface area contributed by atoms with E-state index in [1.54, 1.807) is 0 Å². The number of rotatable bonds is 5. The van der Waals surface area contributed by atoms with Crippen LogP contribution in [0.4, 0.5) is 0 Å². The van der Waals surface area contributed by atoms with E-state index in [1.807, 2.05) is 0 Å². The van der Waals surface area contributed by atoms with Crippen molar-refractivity contribution in [3.63, 3.8) is 0 Å². The minimum Gasteiger partial charge on any atom is -0.153 e. The zero-order valence-corrected chi connectivity index (χ0v) is 10.3. The summed E-state index contributed by atoms with van der Waals surface area (Å²) in [5, 5.41) is 0.758. The van der Waals surface area contributed by atoms with Crippen molar-refractivity contribution in [2.75, 3.05) is 0 Å². The summed E-state index contributed by atoms with van der Waals surface area (Å²) in [5.74, 6) is 0.821. The van der Waals surface area contributed by atoms with Crippen LogP contribution in [0.15, 0.2) is 0 Å². The largest absolute Gasteiger partial charge is 0.153 e. The third-order valence-electron chi connectivity index (χ3n) is 2.11. The summed E-state index contributed by atoms with van der Waals surface area (Å²) in [6.07, 6.45) is 2.63. The summed E-state index contributed by atoms with van der Waals surface area (Å²) in [5.41, 5.74) is 0. The molecule has 0 nitrogen and oxygen atoms in total. The van der Waals surface area contributed by atoms with Gasteiger partial charge in [0, 0.05) is 4.75 Å². The molecule has 0 fully saturated rings. The van der Waals surface area contributed by atoms with Gasteiger partial charge in [0.15, 0.2) is 0 Å². The maximum absolute atomic E-state index is 2.40. The van der Waals surface area contributed by atoms with Gasteiger partial charge >= 0.3 is 0 Å². The summed E-state index contributed by atoms with van der Waals surface area (Å²) >= 11 is 2.13. The Morgan fingerprint density at radius 1 is 1.17 bits per heavy atom. The minimum atomic E-state index is 0.502. The average Bonchev–Trinajstić information content (AvgIpc) is 1.83. The maximum atomic E-state index is 2.40. The van der Waals surface area contributed by atoms with Crippen molar-refractivity contribution in [3.8, 4) is 0 Å². The summed E-state index contributed by atoms with van der Waals surface area (Å²) < 4.78 is 0.502. The van der Waals surface area contributed by atoms with Gasteiger partial charge in [-0.15, -0.1) is 0 Å². The highest BCUT2D eigenvalue weighted by Crippen LogP contribution is 2.37. The van der Waals surface area contributed by atoms with E-state index in [2.05, 4.69) is 53.3 Å². The highest BCUT2D eigenvalue weighted by atomic mass is 32.2. The van der Waals surface area contributed by atoms with Crippen molar-refractivity contribution in [1.29, 1.82) is 0 Å². The monoisotopic (exact) mass is 188 g/mol. The van der Waals surface area contributed by atoms with Gasteiger partial charge in [0.25, 0.3) is 0 Å². The van der Waals surface area contributed by atoms with Gasteiger partial charge in [-0.25, -0.2) is 0 Å². The molecule has 0 N–H and O–H groups in total. The van der Waals surface area contributed by atoms with Gasteiger partial charge in [-0.1, -0.05) is 41.5 Å². The van der Waals surface area contributed by atoms with Gasteiger partial charge < -0.3 is 0 Å². The molecule has 0 rings (SSSR count). The Bertz CT molecular complexity index is 106. The predicted octanol–water partition coefficient (Wildman–Crippen LogP) is 4.34. The fourth-order valence-corrected chi connectivity index (χ4v) is 3.44. The Kier molecular flexibility index (Phi) is 5.31. The van der Waals surface area contributed by atoms with Crippen LogP contribution in [-0.2, 0) is 0 Å². The van der Waals surface area contributed by atoms with Gasteiger partial charge in [0.2, 0.25) is 0 Å². The molecule has 0 heterocycles. The fourth-order valence-electron chi connectivity index (χ4n) is 1.71. The van der Waals surface area contributed by atoms with Crippen LogP contribution in [0.3, 0.4) is 0 Å². The quantitative estimate of drug-likeness (QED) is 0.618. The Morgan fingerprint density at radius 3 is 1.92 bits per heavy atom. The van der Waals surface area contributed by atoms with Crippen LogP contribution in [0.2, 0.25) is 0 Å². The van der Waals surface area contributed by atoms with Crippen LogP contribution in [0, 0.1) is 5.92 Å². The molecule has 0 aromatic heterocycles. The van der Waals surface area contributed by atoms with E-state index in [4.69, 9.17) is 0 Å². The first-order chi connectivity index (χ1) is 5.39. The SMILES string of the molecule is CCC(C)(CC(C)C)SC(C)C. The van der Waals surface area contributed by atoms with Crippen molar-refractivity contribution in [1.82, 2.24) is 0 Å². The van der Waals surface area contributed by atoms with Gasteiger partial charge in [0.05, 0.1) is 0 Å². The Balaban J connectivity index is 4.04. The fraction of sp³-hybridized carbons (Fsp3) is 1.00. The van der Waals surface area contributed by atoms with Crippen molar-refractivity contribution >= 4 is 11.8 Å². The van der Waals surface area contributed by atoms with Gasteiger partial charge in [-0.2, -0.15) is 11.8 Å². The molecule has 0 saturated heterocycles. The maximum Gasteiger partial charge on any atom is 0.0134 e. The summed E-state index contributed by atoms with van der Waals surface area (Å²) in [6, 6.07) is 0. The highest BCUT2D eigenvalue weighted by molar-refractivity contribution is 8.01. The van der Waals surface area contributed by atoms with E-state index in [0.29, 0.717) is 4.75 Å². The lowest BCUT2D eigenvalue weighted by atomic mass is 9.96. The summed E-state index contributed by atoms with van der Waals surface area (Å²) in [7, 11) is 0. The van der Waals surface area contributed by atoms with Gasteiger partial charge in [0.1, 0.15) is 0 Å². The second kappa shape index (κ2) is 5.16. The molecule has 0 spiro atoms. The van der Waals surface area contributed by atoms with Crippen LogP contribution in [0.25, 0.3) is 0 Å². The predicted molar refractivity (Wildman–Crippen MR) is 60.9 cm³/mol. The molecular weight excluding hydrogens is 164 g/mol. The molecule has 0 radical (unpaired) electrons. The zero-order valence-electron chi connectivity index (χ0n) is 9.48. The molecule has 0 aliphatic carbocycles. The third kappa shape index (κ3) is 5.08. The van der Waals surface area contributed by atoms with E-state index in [9.17, 15) is 0 Å². The molecular formula is C11H24S. The lowest BCUT2D eigenvalue weighted by Gasteiger charge is -2.31. The third-order valence-corrected chi connectivity index (χ3v) is 3.60. The smallest absolute Gasteiger partial charge is 0.0134 e. The Labute approximate surface area is 82.5 Å². The molecule has 0 aliphatic rings. The molecule has 12 heavy (non-hydrogen) atoms. The second-order valence-electron chi connectivity index (χ2n) is 4.57. The number of hydrogen-bond donors (Lipinski definition) is 0. The molecule has 0 aliphatic heterocycles. The number of hydrogen-bond acceptors (Lipinski definition) is 1. The summed E-state index contributed by atoms with van der Waals surface area (Å²) in [4.78, 5) is 0. The molecule has 0 aromatic carbocycles.